The molecule has 1 heterocycles. The van der Waals surface area contributed by atoms with Gasteiger partial charge >= 0.3 is 0 Å². The molecular formula is C15H16N2O2. The topological polar surface area (TPSA) is 68.3 Å². The van der Waals surface area contributed by atoms with E-state index in [0.29, 0.717) is 5.69 Å². The number of nitrogen functional groups attached to an aromatic ring is 1. The van der Waals surface area contributed by atoms with Gasteiger partial charge in [0.05, 0.1) is 12.3 Å². The van der Waals surface area contributed by atoms with Crippen LogP contribution in [0, 0.1) is 0 Å². The molecule has 98 valence electrons. The van der Waals surface area contributed by atoms with Gasteiger partial charge in [-0.15, -0.1) is 0 Å². The second-order valence-corrected chi connectivity index (χ2v) is 4.25. The summed E-state index contributed by atoms with van der Waals surface area (Å²) >= 11 is 0. The Kier molecular flexibility index (Phi) is 4.03. The third kappa shape index (κ3) is 3.74. The van der Waals surface area contributed by atoms with Gasteiger partial charge in [-0.1, -0.05) is 12.1 Å². The first-order valence-electron chi connectivity index (χ1n) is 6.02. The molecular weight excluding hydrogens is 240 g/mol. The first-order chi connectivity index (χ1) is 9.15. The lowest BCUT2D eigenvalue weighted by atomic mass is 10.2. The fraction of sp³-hybridized carbons (Fsp3) is 0.133. The SMILES string of the molecule is C[C@@H](NC(=O)/C=C/c1ccc(N)cc1)c1ccco1. The molecule has 0 fully saturated rings. The van der Waals surface area contributed by atoms with E-state index in [0.717, 1.165) is 11.3 Å². The summed E-state index contributed by atoms with van der Waals surface area (Å²) in [4.78, 5) is 11.7. The second kappa shape index (κ2) is 5.91. The first-order valence-corrected chi connectivity index (χ1v) is 6.02. The number of benzene rings is 1. The zero-order valence-electron chi connectivity index (χ0n) is 10.7. The van der Waals surface area contributed by atoms with Crippen molar-refractivity contribution in [2.24, 2.45) is 0 Å². The number of nitrogens with one attached hydrogen (secondary N) is 1. The van der Waals surface area contributed by atoms with Gasteiger partial charge in [0.25, 0.3) is 0 Å². The maximum atomic E-state index is 11.7. The predicted octanol–water partition coefficient (Wildman–Crippen LogP) is 2.75. The van der Waals surface area contributed by atoms with E-state index in [1.165, 1.54) is 6.08 Å². The van der Waals surface area contributed by atoms with Crippen molar-refractivity contribution in [2.75, 3.05) is 5.73 Å². The minimum Gasteiger partial charge on any atom is -0.467 e. The average Bonchev–Trinajstić information content (AvgIpc) is 2.92. The Morgan fingerprint density at radius 1 is 1.32 bits per heavy atom. The zero-order chi connectivity index (χ0) is 13.7. The van der Waals surface area contributed by atoms with Crippen LogP contribution in [0.4, 0.5) is 5.69 Å². The van der Waals surface area contributed by atoms with Crippen molar-refractivity contribution < 1.29 is 9.21 Å². The summed E-state index contributed by atoms with van der Waals surface area (Å²) in [6.07, 6.45) is 4.82. The van der Waals surface area contributed by atoms with Gasteiger partial charge in [-0.3, -0.25) is 4.79 Å². The van der Waals surface area contributed by atoms with Crippen molar-refractivity contribution in [2.45, 2.75) is 13.0 Å². The van der Waals surface area contributed by atoms with Crippen molar-refractivity contribution in [3.05, 3.63) is 60.1 Å². The summed E-state index contributed by atoms with van der Waals surface area (Å²) in [5, 5.41) is 2.82. The molecule has 3 N–H and O–H groups in total. The fourth-order valence-corrected chi connectivity index (χ4v) is 1.65. The van der Waals surface area contributed by atoms with Gasteiger partial charge in [-0.2, -0.15) is 0 Å². The molecule has 1 aromatic heterocycles. The van der Waals surface area contributed by atoms with Gasteiger partial charge in [0.2, 0.25) is 5.91 Å². The number of furan rings is 1. The molecule has 2 aromatic rings. The summed E-state index contributed by atoms with van der Waals surface area (Å²) in [5.41, 5.74) is 7.22. The van der Waals surface area contributed by atoms with Gasteiger partial charge in [0.1, 0.15) is 5.76 Å². The van der Waals surface area contributed by atoms with Crippen molar-refractivity contribution in [3.8, 4) is 0 Å². The minimum absolute atomic E-state index is 0.154. The molecule has 0 radical (unpaired) electrons. The number of rotatable bonds is 4. The number of amides is 1. The Labute approximate surface area is 111 Å². The largest absolute Gasteiger partial charge is 0.467 e. The van der Waals surface area contributed by atoms with Crippen LogP contribution >= 0.6 is 0 Å². The number of hydrogen-bond acceptors (Lipinski definition) is 3. The molecule has 0 aliphatic rings. The maximum Gasteiger partial charge on any atom is 0.244 e. The molecule has 0 aliphatic heterocycles. The van der Waals surface area contributed by atoms with Crippen molar-refractivity contribution in [1.82, 2.24) is 5.32 Å². The summed E-state index contributed by atoms with van der Waals surface area (Å²) in [6.45, 7) is 1.87. The lowest BCUT2D eigenvalue weighted by Gasteiger charge is -2.08. The Morgan fingerprint density at radius 3 is 2.68 bits per heavy atom. The number of carbonyl (C=O) groups excluding carboxylic acids is 1. The van der Waals surface area contributed by atoms with Gasteiger partial charge in [-0.25, -0.2) is 0 Å². The molecule has 0 bridgehead atoms. The van der Waals surface area contributed by atoms with Crippen LogP contribution in [0.2, 0.25) is 0 Å². The fourth-order valence-electron chi connectivity index (χ4n) is 1.65. The molecule has 1 amide bonds. The molecule has 19 heavy (non-hydrogen) atoms. The molecule has 4 heteroatoms. The number of carbonyl (C=O) groups is 1. The lowest BCUT2D eigenvalue weighted by molar-refractivity contribution is -0.117. The molecule has 0 saturated heterocycles. The summed E-state index contributed by atoms with van der Waals surface area (Å²) in [5.74, 6) is 0.565. The van der Waals surface area contributed by atoms with Gasteiger partial charge in [0, 0.05) is 11.8 Å². The minimum atomic E-state index is -0.166. The van der Waals surface area contributed by atoms with E-state index >= 15 is 0 Å². The first kappa shape index (κ1) is 13.0. The van der Waals surface area contributed by atoms with Crippen LogP contribution in [-0.2, 0) is 4.79 Å². The van der Waals surface area contributed by atoms with Crippen LogP contribution in [0.15, 0.2) is 53.2 Å². The molecule has 1 aromatic carbocycles. The Hall–Kier alpha value is -2.49. The van der Waals surface area contributed by atoms with Crippen LogP contribution < -0.4 is 11.1 Å². The van der Waals surface area contributed by atoms with Gasteiger partial charge in [-0.05, 0) is 42.8 Å². The highest BCUT2D eigenvalue weighted by Gasteiger charge is 2.09. The van der Waals surface area contributed by atoms with Gasteiger partial charge in [0.15, 0.2) is 0 Å². The van der Waals surface area contributed by atoms with E-state index in [-0.39, 0.29) is 11.9 Å². The van der Waals surface area contributed by atoms with Gasteiger partial charge < -0.3 is 15.5 Å². The Morgan fingerprint density at radius 2 is 2.05 bits per heavy atom. The molecule has 0 aliphatic carbocycles. The third-order valence-corrected chi connectivity index (χ3v) is 2.69. The van der Waals surface area contributed by atoms with Crippen molar-refractivity contribution in [3.63, 3.8) is 0 Å². The van der Waals surface area contributed by atoms with E-state index in [1.807, 2.05) is 25.1 Å². The number of hydrogen-bond donors (Lipinski definition) is 2. The molecule has 4 nitrogen and oxygen atoms in total. The Balaban J connectivity index is 1.92. The second-order valence-electron chi connectivity index (χ2n) is 4.25. The summed E-state index contributed by atoms with van der Waals surface area (Å²) in [6, 6.07) is 10.8. The van der Waals surface area contributed by atoms with Crippen LogP contribution in [0.1, 0.15) is 24.3 Å². The van der Waals surface area contributed by atoms with E-state index in [1.54, 1.807) is 30.5 Å². The van der Waals surface area contributed by atoms with E-state index < -0.39 is 0 Å². The summed E-state index contributed by atoms with van der Waals surface area (Å²) < 4.78 is 5.22. The van der Waals surface area contributed by atoms with E-state index in [9.17, 15) is 4.79 Å². The smallest absolute Gasteiger partial charge is 0.244 e. The van der Waals surface area contributed by atoms with Crippen LogP contribution in [0.25, 0.3) is 6.08 Å². The van der Waals surface area contributed by atoms with Crippen molar-refractivity contribution >= 4 is 17.7 Å². The molecule has 2 rings (SSSR count). The zero-order valence-corrected chi connectivity index (χ0v) is 10.7. The number of nitrogens with two attached hydrogens (primary N) is 1. The monoisotopic (exact) mass is 256 g/mol. The van der Waals surface area contributed by atoms with Crippen molar-refractivity contribution in [1.29, 1.82) is 0 Å². The normalized spacial score (nSPS) is 12.5. The summed E-state index contributed by atoms with van der Waals surface area (Å²) in [7, 11) is 0. The van der Waals surface area contributed by atoms with Crippen LogP contribution in [0.5, 0.6) is 0 Å². The molecule has 1 atom stereocenters. The molecule has 0 saturated carbocycles. The van der Waals surface area contributed by atoms with E-state index in [2.05, 4.69) is 5.32 Å². The average molecular weight is 256 g/mol. The third-order valence-electron chi connectivity index (χ3n) is 2.69. The highest BCUT2D eigenvalue weighted by molar-refractivity contribution is 5.91. The van der Waals surface area contributed by atoms with Crippen LogP contribution in [-0.4, -0.2) is 5.91 Å². The molecule has 0 spiro atoms. The maximum absolute atomic E-state index is 11.7. The quantitative estimate of drug-likeness (QED) is 0.653. The Bertz CT molecular complexity index is 556. The highest BCUT2D eigenvalue weighted by Crippen LogP contribution is 2.12. The lowest BCUT2D eigenvalue weighted by Crippen LogP contribution is -2.24. The number of anilines is 1. The molecule has 0 unspecified atom stereocenters. The highest BCUT2D eigenvalue weighted by atomic mass is 16.3. The predicted molar refractivity (Wildman–Crippen MR) is 75.2 cm³/mol. The van der Waals surface area contributed by atoms with Crippen LogP contribution in [0.3, 0.4) is 0 Å². The van der Waals surface area contributed by atoms with E-state index in [4.69, 9.17) is 10.2 Å². The standard InChI is InChI=1S/C15H16N2O2/c1-11(14-3-2-10-19-14)17-15(18)9-6-12-4-7-13(16)8-5-12/h2-11H,16H2,1H3,(H,17,18)/b9-6+/t11-/m1/s1.